The van der Waals surface area contributed by atoms with E-state index in [1.54, 1.807) is 19.1 Å². The summed E-state index contributed by atoms with van der Waals surface area (Å²) in [4.78, 5) is 8.51. The summed E-state index contributed by atoms with van der Waals surface area (Å²) >= 11 is 6.06. The van der Waals surface area contributed by atoms with E-state index < -0.39 is 0 Å². The molecule has 0 N–H and O–H groups in total. The van der Waals surface area contributed by atoms with Crippen LogP contribution >= 0.6 is 11.6 Å². The van der Waals surface area contributed by atoms with Crippen molar-refractivity contribution in [1.29, 1.82) is 0 Å². The van der Waals surface area contributed by atoms with Gasteiger partial charge in [0.2, 0.25) is 5.88 Å². The van der Waals surface area contributed by atoms with Crippen molar-refractivity contribution in [3.05, 3.63) is 46.6 Å². The van der Waals surface area contributed by atoms with Crippen molar-refractivity contribution < 1.29 is 9.13 Å². The summed E-state index contributed by atoms with van der Waals surface area (Å²) in [6.07, 6.45) is 0. The Balaban J connectivity index is 2.39. The van der Waals surface area contributed by atoms with Crippen LogP contribution in [-0.4, -0.2) is 9.97 Å². The van der Waals surface area contributed by atoms with Gasteiger partial charge in [-0.15, -0.1) is 0 Å². The van der Waals surface area contributed by atoms with E-state index in [-0.39, 0.29) is 11.7 Å². The number of rotatable bonds is 3. The van der Waals surface area contributed by atoms with Crippen molar-refractivity contribution in [3.63, 3.8) is 0 Å². The lowest BCUT2D eigenvalue weighted by Crippen LogP contribution is -2.02. The summed E-state index contributed by atoms with van der Waals surface area (Å²) in [7, 11) is 0. The van der Waals surface area contributed by atoms with Crippen LogP contribution in [0.25, 0.3) is 0 Å². The minimum absolute atomic E-state index is 0.132. The highest BCUT2D eigenvalue weighted by Crippen LogP contribution is 2.28. The summed E-state index contributed by atoms with van der Waals surface area (Å²) in [5.41, 5.74) is 0.635. The van der Waals surface area contributed by atoms with Gasteiger partial charge in [0.1, 0.15) is 22.5 Å². The van der Waals surface area contributed by atoms with Crippen LogP contribution in [0.5, 0.6) is 11.6 Å². The van der Waals surface area contributed by atoms with Gasteiger partial charge in [-0.1, -0.05) is 31.5 Å². The number of nitrogens with zero attached hydrogens (tertiary/aromatic N) is 2. The van der Waals surface area contributed by atoms with Crippen molar-refractivity contribution in [3.8, 4) is 11.6 Å². The fourth-order valence-electron chi connectivity index (χ4n) is 1.49. The molecular weight excluding hydrogens is 267 g/mol. The number of hydrogen-bond acceptors (Lipinski definition) is 3. The first-order valence-corrected chi connectivity index (χ1v) is 6.32. The zero-order chi connectivity index (χ0) is 14.0. The normalized spacial score (nSPS) is 10.8. The Hall–Kier alpha value is -1.68. The molecule has 1 heterocycles. The van der Waals surface area contributed by atoms with Crippen LogP contribution in [0.2, 0.25) is 5.15 Å². The summed E-state index contributed by atoms with van der Waals surface area (Å²) < 4.78 is 18.7. The zero-order valence-corrected chi connectivity index (χ0v) is 11.7. The molecule has 0 unspecified atom stereocenters. The third kappa shape index (κ3) is 3.20. The van der Waals surface area contributed by atoms with Gasteiger partial charge in [0.25, 0.3) is 0 Å². The molecule has 0 amide bonds. The summed E-state index contributed by atoms with van der Waals surface area (Å²) in [6, 6.07) is 5.89. The zero-order valence-electron chi connectivity index (χ0n) is 10.9. The molecule has 1 aromatic carbocycles. The van der Waals surface area contributed by atoms with E-state index in [2.05, 4.69) is 9.97 Å². The third-order valence-corrected chi connectivity index (χ3v) is 2.95. The average Bonchev–Trinajstić information content (AvgIpc) is 2.34. The summed E-state index contributed by atoms with van der Waals surface area (Å²) in [5, 5.41) is 0.352. The van der Waals surface area contributed by atoms with Gasteiger partial charge in [-0.25, -0.2) is 9.37 Å². The molecule has 2 aromatic rings. The minimum atomic E-state index is -0.362. The predicted molar refractivity (Wildman–Crippen MR) is 72.3 cm³/mol. The lowest BCUT2D eigenvalue weighted by molar-refractivity contribution is 0.448. The van der Waals surface area contributed by atoms with Gasteiger partial charge >= 0.3 is 0 Å². The quantitative estimate of drug-likeness (QED) is 0.777. The second kappa shape index (κ2) is 5.53. The first-order valence-electron chi connectivity index (χ1n) is 5.95. The van der Waals surface area contributed by atoms with Crippen molar-refractivity contribution in [2.75, 3.05) is 0 Å². The van der Waals surface area contributed by atoms with Crippen molar-refractivity contribution in [2.24, 2.45) is 0 Å². The molecule has 0 atom stereocenters. The van der Waals surface area contributed by atoms with Crippen LogP contribution < -0.4 is 4.74 Å². The lowest BCUT2D eigenvalue weighted by atomic mass is 10.2. The number of benzene rings is 1. The molecule has 0 aliphatic rings. The molecule has 0 spiro atoms. The van der Waals surface area contributed by atoms with Crippen molar-refractivity contribution >= 4 is 11.6 Å². The first kappa shape index (κ1) is 13.7. The highest BCUT2D eigenvalue weighted by molar-refractivity contribution is 6.30. The van der Waals surface area contributed by atoms with Crippen LogP contribution in [0.1, 0.15) is 31.2 Å². The number of ether oxygens (including phenoxy) is 1. The standard InChI is InChI=1S/C14H14ClFN2O/c1-8(2)13-17-12(15)9(3)14(18-13)19-11-6-4-5-10(16)7-11/h4-8H,1-3H3. The van der Waals surface area contributed by atoms with Crippen LogP contribution in [0.15, 0.2) is 24.3 Å². The Morgan fingerprint density at radius 1 is 1.26 bits per heavy atom. The molecule has 0 aliphatic heterocycles. The van der Waals surface area contributed by atoms with Gasteiger partial charge in [-0.05, 0) is 19.1 Å². The van der Waals surface area contributed by atoms with E-state index in [1.807, 2.05) is 13.8 Å². The first-order chi connectivity index (χ1) is 8.97. The van der Waals surface area contributed by atoms with Crippen molar-refractivity contribution in [2.45, 2.75) is 26.7 Å². The lowest BCUT2D eigenvalue weighted by Gasteiger charge is -2.11. The molecule has 5 heteroatoms. The molecule has 100 valence electrons. The Morgan fingerprint density at radius 3 is 2.63 bits per heavy atom. The predicted octanol–water partition coefficient (Wildman–Crippen LogP) is 4.49. The number of hydrogen-bond donors (Lipinski definition) is 0. The summed E-state index contributed by atoms with van der Waals surface area (Å²) in [5.74, 6) is 1.11. The maximum atomic E-state index is 13.1. The molecule has 0 fully saturated rings. The van der Waals surface area contributed by atoms with Gasteiger partial charge < -0.3 is 4.74 Å². The van der Waals surface area contributed by atoms with E-state index in [1.165, 1.54) is 12.1 Å². The van der Waals surface area contributed by atoms with E-state index >= 15 is 0 Å². The van der Waals surface area contributed by atoms with Crippen LogP contribution in [0.4, 0.5) is 4.39 Å². The molecule has 0 bridgehead atoms. The minimum Gasteiger partial charge on any atom is -0.438 e. The molecule has 0 radical (unpaired) electrons. The smallest absolute Gasteiger partial charge is 0.226 e. The van der Waals surface area contributed by atoms with Crippen LogP contribution in [0, 0.1) is 12.7 Å². The second-order valence-corrected chi connectivity index (χ2v) is 4.87. The largest absolute Gasteiger partial charge is 0.438 e. The fourth-order valence-corrected chi connectivity index (χ4v) is 1.65. The van der Waals surface area contributed by atoms with Crippen LogP contribution in [-0.2, 0) is 0 Å². The molecule has 3 nitrogen and oxygen atoms in total. The molecule has 2 rings (SSSR count). The Kier molecular flexibility index (Phi) is 4.00. The second-order valence-electron chi connectivity index (χ2n) is 4.52. The van der Waals surface area contributed by atoms with E-state index in [0.717, 1.165) is 0 Å². The van der Waals surface area contributed by atoms with Crippen molar-refractivity contribution in [1.82, 2.24) is 9.97 Å². The average molecular weight is 281 g/mol. The molecule has 0 aliphatic carbocycles. The van der Waals surface area contributed by atoms with Gasteiger partial charge in [0, 0.05) is 17.5 Å². The highest BCUT2D eigenvalue weighted by Gasteiger charge is 2.13. The SMILES string of the molecule is Cc1c(Cl)nc(C(C)C)nc1Oc1cccc(F)c1. The van der Waals surface area contributed by atoms with E-state index in [4.69, 9.17) is 16.3 Å². The Morgan fingerprint density at radius 2 is 2.00 bits per heavy atom. The molecule has 19 heavy (non-hydrogen) atoms. The van der Waals surface area contributed by atoms with E-state index in [9.17, 15) is 4.39 Å². The van der Waals surface area contributed by atoms with Crippen LogP contribution in [0.3, 0.4) is 0 Å². The van der Waals surface area contributed by atoms with Gasteiger partial charge in [-0.3, -0.25) is 0 Å². The van der Waals surface area contributed by atoms with E-state index in [0.29, 0.717) is 28.2 Å². The Bertz CT molecular complexity index is 602. The maximum Gasteiger partial charge on any atom is 0.226 e. The summed E-state index contributed by atoms with van der Waals surface area (Å²) in [6.45, 7) is 5.70. The number of aromatic nitrogens is 2. The maximum absolute atomic E-state index is 13.1. The number of halogens is 2. The Labute approximate surface area is 116 Å². The third-order valence-electron chi connectivity index (χ3n) is 2.59. The molecule has 0 saturated heterocycles. The van der Waals surface area contributed by atoms with Gasteiger partial charge in [0.05, 0.1) is 0 Å². The monoisotopic (exact) mass is 280 g/mol. The highest BCUT2D eigenvalue weighted by atomic mass is 35.5. The van der Waals surface area contributed by atoms with Gasteiger partial charge in [0.15, 0.2) is 0 Å². The molecular formula is C14H14ClFN2O. The molecule has 0 saturated carbocycles. The topological polar surface area (TPSA) is 35.0 Å². The fraction of sp³-hybridized carbons (Fsp3) is 0.286. The molecule has 1 aromatic heterocycles. The van der Waals surface area contributed by atoms with Gasteiger partial charge in [-0.2, -0.15) is 4.98 Å².